The van der Waals surface area contributed by atoms with Crippen LogP contribution in [0.5, 0.6) is 0 Å². The van der Waals surface area contributed by atoms with Gasteiger partial charge in [0.1, 0.15) is 5.69 Å². The first-order chi connectivity index (χ1) is 9.76. The Hall–Kier alpha value is -1.88. The maximum Gasteiger partial charge on any atom is 0.102 e. The van der Waals surface area contributed by atoms with Gasteiger partial charge in [-0.3, -0.25) is 4.68 Å². The molecule has 1 aliphatic heterocycles. The standard InChI is InChI=1S/C15H21N5/c1-12-4-5-15-13(9-12)3-2-7-19(15)10-14-11-20(8-6-16)18-17-14/h4-5,9,11H,2-3,6-8,10,16H2,1H3. The fraction of sp³-hybridized carbons (Fsp3) is 0.467. The number of nitrogens with two attached hydrogens (primary N) is 1. The molecule has 0 radical (unpaired) electrons. The van der Waals surface area contributed by atoms with E-state index in [2.05, 4.69) is 40.3 Å². The van der Waals surface area contributed by atoms with Crippen LogP contribution in [0.15, 0.2) is 24.4 Å². The maximum atomic E-state index is 5.53. The minimum Gasteiger partial charge on any atom is -0.365 e. The summed E-state index contributed by atoms with van der Waals surface area (Å²) < 4.78 is 1.81. The van der Waals surface area contributed by atoms with Gasteiger partial charge in [0.2, 0.25) is 0 Å². The fourth-order valence-corrected chi connectivity index (χ4v) is 2.82. The number of rotatable bonds is 4. The monoisotopic (exact) mass is 271 g/mol. The molecule has 20 heavy (non-hydrogen) atoms. The van der Waals surface area contributed by atoms with E-state index in [-0.39, 0.29) is 0 Å². The van der Waals surface area contributed by atoms with E-state index in [1.165, 1.54) is 29.7 Å². The largest absolute Gasteiger partial charge is 0.365 e. The van der Waals surface area contributed by atoms with E-state index in [1.54, 1.807) is 0 Å². The van der Waals surface area contributed by atoms with E-state index in [0.29, 0.717) is 6.54 Å². The number of aryl methyl sites for hydroxylation is 2. The predicted octanol–water partition coefficient (Wildman–Crippen LogP) is 1.50. The molecular formula is C15H21N5. The Balaban J connectivity index is 1.78. The van der Waals surface area contributed by atoms with Crippen LogP contribution < -0.4 is 10.6 Å². The van der Waals surface area contributed by atoms with Gasteiger partial charge < -0.3 is 10.6 Å². The average Bonchev–Trinajstić information content (AvgIpc) is 2.86. The molecule has 0 aliphatic carbocycles. The first-order valence-electron chi connectivity index (χ1n) is 7.20. The molecule has 3 rings (SSSR count). The smallest absolute Gasteiger partial charge is 0.102 e. The first-order valence-corrected chi connectivity index (χ1v) is 7.20. The molecular weight excluding hydrogens is 250 g/mol. The van der Waals surface area contributed by atoms with Crippen molar-refractivity contribution in [1.82, 2.24) is 15.0 Å². The molecule has 1 aromatic heterocycles. The van der Waals surface area contributed by atoms with Crippen LogP contribution >= 0.6 is 0 Å². The predicted molar refractivity (Wildman–Crippen MR) is 79.6 cm³/mol. The van der Waals surface area contributed by atoms with Gasteiger partial charge in [-0.25, -0.2) is 0 Å². The van der Waals surface area contributed by atoms with Crippen molar-refractivity contribution in [3.63, 3.8) is 0 Å². The Labute approximate surface area is 119 Å². The van der Waals surface area contributed by atoms with Crippen LogP contribution in [-0.4, -0.2) is 28.1 Å². The van der Waals surface area contributed by atoms with E-state index < -0.39 is 0 Å². The summed E-state index contributed by atoms with van der Waals surface area (Å²) >= 11 is 0. The van der Waals surface area contributed by atoms with Crippen LogP contribution in [0.3, 0.4) is 0 Å². The van der Waals surface area contributed by atoms with Crippen molar-refractivity contribution in [3.8, 4) is 0 Å². The number of aromatic nitrogens is 3. The molecule has 5 heteroatoms. The molecule has 5 nitrogen and oxygen atoms in total. The third-order valence-electron chi connectivity index (χ3n) is 3.75. The summed E-state index contributed by atoms with van der Waals surface area (Å²) in [6.07, 6.45) is 4.37. The molecule has 0 spiro atoms. The quantitative estimate of drug-likeness (QED) is 0.915. The number of hydrogen-bond acceptors (Lipinski definition) is 4. The summed E-state index contributed by atoms with van der Waals surface area (Å²) in [6, 6.07) is 6.71. The van der Waals surface area contributed by atoms with Gasteiger partial charge in [0.15, 0.2) is 0 Å². The molecule has 0 atom stereocenters. The molecule has 0 unspecified atom stereocenters. The molecule has 0 saturated heterocycles. The van der Waals surface area contributed by atoms with Crippen molar-refractivity contribution < 1.29 is 0 Å². The van der Waals surface area contributed by atoms with E-state index >= 15 is 0 Å². The topological polar surface area (TPSA) is 60.0 Å². The molecule has 106 valence electrons. The molecule has 1 aromatic carbocycles. The molecule has 0 saturated carbocycles. The second kappa shape index (κ2) is 5.63. The minimum absolute atomic E-state index is 0.592. The number of nitrogens with zero attached hydrogens (tertiary/aromatic N) is 4. The van der Waals surface area contributed by atoms with Gasteiger partial charge in [-0.1, -0.05) is 22.9 Å². The number of hydrogen-bond donors (Lipinski definition) is 1. The lowest BCUT2D eigenvalue weighted by Crippen LogP contribution is -2.29. The summed E-state index contributed by atoms with van der Waals surface area (Å²) in [5.41, 5.74) is 10.7. The van der Waals surface area contributed by atoms with Crippen molar-refractivity contribution in [2.45, 2.75) is 32.9 Å². The second-order valence-corrected chi connectivity index (χ2v) is 5.42. The van der Waals surface area contributed by atoms with Crippen molar-refractivity contribution in [2.24, 2.45) is 5.73 Å². The summed E-state index contributed by atoms with van der Waals surface area (Å²) in [7, 11) is 0. The second-order valence-electron chi connectivity index (χ2n) is 5.42. The lowest BCUT2D eigenvalue weighted by atomic mass is 9.99. The Morgan fingerprint density at radius 2 is 2.25 bits per heavy atom. The molecule has 2 N–H and O–H groups in total. The number of fused-ring (bicyclic) bond motifs is 1. The van der Waals surface area contributed by atoms with Crippen molar-refractivity contribution in [3.05, 3.63) is 41.2 Å². The lowest BCUT2D eigenvalue weighted by molar-refractivity contribution is 0.598. The molecule has 0 amide bonds. The van der Waals surface area contributed by atoms with Gasteiger partial charge in [-0.05, 0) is 31.4 Å². The summed E-state index contributed by atoms with van der Waals surface area (Å²) in [4.78, 5) is 2.40. The van der Waals surface area contributed by atoms with Crippen LogP contribution in [-0.2, 0) is 19.5 Å². The van der Waals surface area contributed by atoms with Gasteiger partial charge in [-0.2, -0.15) is 0 Å². The van der Waals surface area contributed by atoms with Crippen LogP contribution in [0.25, 0.3) is 0 Å². The van der Waals surface area contributed by atoms with Gasteiger partial charge in [0, 0.05) is 18.8 Å². The molecule has 1 aliphatic rings. The molecule has 0 bridgehead atoms. The highest BCUT2D eigenvalue weighted by molar-refractivity contribution is 5.56. The third kappa shape index (κ3) is 2.67. The molecule has 0 fully saturated rings. The molecule has 2 heterocycles. The van der Waals surface area contributed by atoms with Crippen LogP contribution in [0, 0.1) is 6.92 Å². The van der Waals surface area contributed by atoms with E-state index in [4.69, 9.17) is 5.73 Å². The summed E-state index contributed by atoms with van der Waals surface area (Å²) in [5.74, 6) is 0. The average molecular weight is 271 g/mol. The van der Waals surface area contributed by atoms with Crippen LogP contribution in [0.2, 0.25) is 0 Å². The summed E-state index contributed by atoms with van der Waals surface area (Å²) in [6.45, 7) is 5.37. The lowest BCUT2D eigenvalue weighted by Gasteiger charge is -2.30. The first kappa shape index (κ1) is 13.1. The Bertz CT molecular complexity index is 590. The van der Waals surface area contributed by atoms with E-state index in [9.17, 15) is 0 Å². The highest BCUT2D eigenvalue weighted by Crippen LogP contribution is 2.28. The maximum absolute atomic E-state index is 5.53. The Morgan fingerprint density at radius 3 is 3.10 bits per heavy atom. The van der Waals surface area contributed by atoms with Gasteiger partial charge in [-0.15, -0.1) is 5.10 Å². The zero-order valence-corrected chi connectivity index (χ0v) is 11.9. The zero-order chi connectivity index (χ0) is 13.9. The SMILES string of the molecule is Cc1ccc2c(c1)CCCN2Cc1cn(CCN)nn1. The van der Waals surface area contributed by atoms with E-state index in [1.807, 2.05) is 10.9 Å². The number of benzene rings is 1. The van der Waals surface area contributed by atoms with Crippen LogP contribution in [0.1, 0.15) is 23.2 Å². The fourth-order valence-electron chi connectivity index (χ4n) is 2.82. The van der Waals surface area contributed by atoms with E-state index in [0.717, 1.165) is 25.3 Å². The Kier molecular flexibility index (Phi) is 3.69. The van der Waals surface area contributed by atoms with Crippen molar-refractivity contribution in [2.75, 3.05) is 18.0 Å². The highest BCUT2D eigenvalue weighted by atomic mass is 15.4. The van der Waals surface area contributed by atoms with Gasteiger partial charge >= 0.3 is 0 Å². The zero-order valence-electron chi connectivity index (χ0n) is 11.9. The van der Waals surface area contributed by atoms with Gasteiger partial charge in [0.25, 0.3) is 0 Å². The third-order valence-corrected chi connectivity index (χ3v) is 3.75. The van der Waals surface area contributed by atoms with Crippen molar-refractivity contribution in [1.29, 1.82) is 0 Å². The highest BCUT2D eigenvalue weighted by Gasteiger charge is 2.17. The van der Waals surface area contributed by atoms with Crippen molar-refractivity contribution >= 4 is 5.69 Å². The Morgan fingerprint density at radius 1 is 1.35 bits per heavy atom. The number of anilines is 1. The summed E-state index contributed by atoms with van der Waals surface area (Å²) in [5, 5.41) is 8.34. The normalized spacial score (nSPS) is 14.4. The van der Waals surface area contributed by atoms with Gasteiger partial charge in [0.05, 0.1) is 19.3 Å². The molecule has 2 aromatic rings. The minimum atomic E-state index is 0.592. The van der Waals surface area contributed by atoms with Crippen LogP contribution in [0.4, 0.5) is 5.69 Å².